The summed E-state index contributed by atoms with van der Waals surface area (Å²) in [6.07, 6.45) is 2.11. The van der Waals surface area contributed by atoms with Gasteiger partial charge in [-0.3, -0.25) is 4.79 Å². The van der Waals surface area contributed by atoms with E-state index < -0.39 is 25.7 Å². The van der Waals surface area contributed by atoms with E-state index in [1.54, 1.807) is 0 Å². The first-order valence-electron chi connectivity index (χ1n) is 5.94. The highest BCUT2D eigenvalue weighted by Gasteiger charge is 2.29. The van der Waals surface area contributed by atoms with E-state index in [2.05, 4.69) is 21.2 Å². The number of carbonyl (C=O) groups excluding carboxylic acids is 1. The number of hydrogen-bond donors (Lipinski definition) is 1. The quantitative estimate of drug-likeness (QED) is 0.812. The highest BCUT2D eigenvalue weighted by molar-refractivity contribution is 9.10. The molecule has 8 heteroatoms. The van der Waals surface area contributed by atoms with Crippen LogP contribution in [0.2, 0.25) is 0 Å². The van der Waals surface area contributed by atoms with Crippen LogP contribution in [0.25, 0.3) is 0 Å². The Morgan fingerprint density at radius 3 is 2.60 bits per heavy atom. The first-order valence-corrected chi connectivity index (χ1v) is 9.05. The van der Waals surface area contributed by atoms with Crippen LogP contribution in [0.1, 0.15) is 30.1 Å². The molecule has 1 fully saturated rings. The van der Waals surface area contributed by atoms with Crippen LogP contribution in [0.3, 0.4) is 0 Å². The molecule has 110 valence electrons. The molecule has 2 rings (SSSR count). The van der Waals surface area contributed by atoms with Gasteiger partial charge in [-0.05, 0) is 53.7 Å². The van der Waals surface area contributed by atoms with Gasteiger partial charge in [-0.2, -0.15) is 0 Å². The summed E-state index contributed by atoms with van der Waals surface area (Å²) in [6.45, 7) is 1.87. The molecule has 0 spiro atoms. The average Bonchev–Trinajstić information content (AvgIpc) is 3.14. The molecule has 0 heterocycles. The summed E-state index contributed by atoms with van der Waals surface area (Å²) < 4.78 is 36.1. The van der Waals surface area contributed by atoms with Crippen molar-refractivity contribution in [3.8, 4) is 0 Å². The maximum absolute atomic E-state index is 13.7. The Balaban J connectivity index is 2.32. The van der Waals surface area contributed by atoms with Crippen LogP contribution in [-0.4, -0.2) is 20.4 Å². The Morgan fingerprint density at radius 2 is 2.10 bits per heavy atom. The first-order chi connectivity index (χ1) is 9.20. The molecule has 1 N–H and O–H groups in total. The Morgan fingerprint density at radius 1 is 1.50 bits per heavy atom. The van der Waals surface area contributed by atoms with Crippen molar-refractivity contribution in [2.24, 2.45) is 5.92 Å². The zero-order valence-corrected chi connectivity index (χ0v) is 13.6. The third-order valence-electron chi connectivity index (χ3n) is 3.21. The van der Waals surface area contributed by atoms with Gasteiger partial charge in [0.2, 0.25) is 0 Å². The van der Waals surface area contributed by atoms with Crippen LogP contribution in [-0.2, 0) is 9.05 Å². The second-order valence-electron chi connectivity index (χ2n) is 4.81. The van der Waals surface area contributed by atoms with Gasteiger partial charge in [0, 0.05) is 22.3 Å². The van der Waals surface area contributed by atoms with Gasteiger partial charge in [0.05, 0.1) is 4.47 Å². The summed E-state index contributed by atoms with van der Waals surface area (Å²) >= 11 is 2.81. The predicted octanol–water partition coefficient (Wildman–Crippen LogP) is 3.04. The van der Waals surface area contributed by atoms with Gasteiger partial charge in [-0.1, -0.05) is 0 Å². The molecule has 1 aliphatic rings. The lowest BCUT2D eigenvalue weighted by atomic mass is 10.1. The molecule has 1 aromatic carbocycles. The first kappa shape index (κ1) is 15.7. The molecule has 1 saturated carbocycles. The second-order valence-corrected chi connectivity index (χ2v) is 8.13. The van der Waals surface area contributed by atoms with Crippen LogP contribution >= 0.6 is 26.6 Å². The highest BCUT2D eigenvalue weighted by atomic mass is 79.9. The number of halogens is 3. The molecule has 0 aromatic heterocycles. The van der Waals surface area contributed by atoms with Crippen molar-refractivity contribution < 1.29 is 17.6 Å². The lowest BCUT2D eigenvalue weighted by molar-refractivity contribution is 0.0935. The van der Waals surface area contributed by atoms with Crippen LogP contribution in [0, 0.1) is 11.7 Å². The van der Waals surface area contributed by atoms with Crippen LogP contribution in [0.15, 0.2) is 21.5 Å². The van der Waals surface area contributed by atoms with Crippen molar-refractivity contribution in [2.75, 3.05) is 0 Å². The summed E-state index contributed by atoms with van der Waals surface area (Å²) in [5.74, 6) is -0.927. The Hall–Kier alpha value is -0.660. The van der Waals surface area contributed by atoms with E-state index in [9.17, 15) is 17.6 Å². The fourth-order valence-corrected chi connectivity index (χ4v) is 3.97. The van der Waals surface area contributed by atoms with Crippen LogP contribution < -0.4 is 5.32 Å². The smallest absolute Gasteiger partial charge is 0.262 e. The van der Waals surface area contributed by atoms with Gasteiger partial charge in [-0.25, -0.2) is 12.8 Å². The largest absolute Gasteiger partial charge is 0.349 e. The number of carbonyl (C=O) groups is 1. The third-order valence-corrected chi connectivity index (χ3v) is 5.62. The van der Waals surface area contributed by atoms with E-state index in [0.29, 0.717) is 5.92 Å². The number of benzene rings is 1. The molecule has 4 nitrogen and oxygen atoms in total. The van der Waals surface area contributed by atoms with E-state index in [1.165, 1.54) is 0 Å². The summed E-state index contributed by atoms with van der Waals surface area (Å²) in [6, 6.07) is 2.01. The van der Waals surface area contributed by atoms with Gasteiger partial charge in [0.15, 0.2) is 0 Å². The maximum Gasteiger partial charge on any atom is 0.262 e. The van der Waals surface area contributed by atoms with Gasteiger partial charge >= 0.3 is 0 Å². The summed E-state index contributed by atoms with van der Waals surface area (Å²) in [5.41, 5.74) is -0.0718. The summed E-state index contributed by atoms with van der Waals surface area (Å²) in [7, 11) is 1.08. The molecule has 0 bridgehead atoms. The minimum atomic E-state index is -4.14. The second kappa shape index (κ2) is 5.61. The van der Waals surface area contributed by atoms with E-state index in [-0.39, 0.29) is 16.1 Å². The standard InChI is InChI=1S/C12H12BrClFNO3S/c1-6(7-2-3-7)16-12(17)8-4-9(15)11(13)10(5-8)20(14,18)19/h4-7H,2-3H2,1H3,(H,16,17). The predicted molar refractivity (Wildman–Crippen MR) is 76.8 cm³/mol. The van der Waals surface area contributed by atoms with Crippen molar-refractivity contribution in [1.29, 1.82) is 0 Å². The summed E-state index contributed by atoms with van der Waals surface area (Å²) in [4.78, 5) is 11.5. The molecule has 1 atom stereocenters. The molecule has 1 aromatic rings. The maximum atomic E-state index is 13.7. The lowest BCUT2D eigenvalue weighted by Crippen LogP contribution is -2.34. The summed E-state index contributed by atoms with van der Waals surface area (Å²) in [5, 5.41) is 2.72. The third kappa shape index (κ3) is 3.51. The molecule has 0 radical (unpaired) electrons. The fraction of sp³-hybridized carbons (Fsp3) is 0.417. The van der Waals surface area contributed by atoms with Crippen molar-refractivity contribution in [1.82, 2.24) is 5.32 Å². The minimum absolute atomic E-state index is 0.0229. The molecule has 1 unspecified atom stereocenters. The van der Waals surface area contributed by atoms with Crippen molar-refractivity contribution in [3.05, 3.63) is 28.0 Å². The number of rotatable bonds is 4. The van der Waals surface area contributed by atoms with Crippen LogP contribution in [0.5, 0.6) is 0 Å². The van der Waals surface area contributed by atoms with Crippen molar-refractivity contribution in [3.63, 3.8) is 0 Å². The van der Waals surface area contributed by atoms with E-state index in [0.717, 1.165) is 25.0 Å². The zero-order chi connectivity index (χ0) is 15.1. The number of nitrogens with one attached hydrogen (secondary N) is 1. The topological polar surface area (TPSA) is 63.2 Å². The Bertz CT molecular complexity index is 661. The lowest BCUT2D eigenvalue weighted by Gasteiger charge is -2.13. The monoisotopic (exact) mass is 383 g/mol. The van der Waals surface area contributed by atoms with E-state index >= 15 is 0 Å². The molecule has 1 amide bonds. The van der Waals surface area contributed by atoms with Gasteiger partial charge in [0.25, 0.3) is 15.0 Å². The van der Waals surface area contributed by atoms with Gasteiger partial charge < -0.3 is 5.32 Å². The minimum Gasteiger partial charge on any atom is -0.349 e. The average molecular weight is 385 g/mol. The van der Waals surface area contributed by atoms with Crippen LogP contribution in [0.4, 0.5) is 4.39 Å². The number of hydrogen-bond acceptors (Lipinski definition) is 3. The molecule has 1 aliphatic carbocycles. The normalized spacial score (nSPS) is 16.8. The molecule has 20 heavy (non-hydrogen) atoms. The van der Waals surface area contributed by atoms with Gasteiger partial charge in [-0.15, -0.1) is 0 Å². The molecule has 0 saturated heterocycles. The molecule has 0 aliphatic heterocycles. The Labute approximate surface area is 129 Å². The fourth-order valence-electron chi connectivity index (χ4n) is 1.88. The van der Waals surface area contributed by atoms with E-state index in [4.69, 9.17) is 10.7 Å². The van der Waals surface area contributed by atoms with Crippen molar-refractivity contribution >= 4 is 41.6 Å². The zero-order valence-electron chi connectivity index (χ0n) is 10.5. The molecular weight excluding hydrogens is 373 g/mol. The van der Waals surface area contributed by atoms with Crippen molar-refractivity contribution in [2.45, 2.75) is 30.7 Å². The highest BCUT2D eigenvalue weighted by Crippen LogP contribution is 2.33. The molecular formula is C12H12BrClFNO3S. The van der Waals surface area contributed by atoms with E-state index in [1.807, 2.05) is 6.92 Å². The number of amides is 1. The van der Waals surface area contributed by atoms with Gasteiger partial charge in [0.1, 0.15) is 10.7 Å². The Kier molecular flexibility index (Phi) is 4.41. The SMILES string of the molecule is CC(NC(=O)c1cc(F)c(Br)c(S(=O)(=O)Cl)c1)C1CC1.